The van der Waals surface area contributed by atoms with E-state index in [2.05, 4.69) is 10.0 Å². The molecule has 0 radical (unpaired) electrons. The van der Waals surface area contributed by atoms with E-state index in [9.17, 15) is 22.4 Å². The average Bonchev–Trinajstić information content (AvgIpc) is 2.75. The molecule has 1 amide bonds. The van der Waals surface area contributed by atoms with Gasteiger partial charge >= 0.3 is 0 Å². The number of rotatable bonds is 8. The molecule has 166 valence electrons. The summed E-state index contributed by atoms with van der Waals surface area (Å²) in [5.41, 5.74) is 1.02. The van der Waals surface area contributed by atoms with E-state index in [0.717, 1.165) is 6.07 Å². The first-order chi connectivity index (χ1) is 15.2. The Kier molecular flexibility index (Phi) is 6.89. The van der Waals surface area contributed by atoms with Crippen molar-refractivity contribution in [3.05, 3.63) is 83.7 Å². The fourth-order valence-electron chi connectivity index (χ4n) is 2.84. The molecule has 0 unspecified atom stereocenters. The van der Waals surface area contributed by atoms with Gasteiger partial charge in [0.25, 0.3) is 15.9 Å². The van der Waals surface area contributed by atoms with Gasteiger partial charge in [0, 0.05) is 11.3 Å². The Hall–Kier alpha value is -3.72. The maximum absolute atomic E-state index is 13.9. The van der Waals surface area contributed by atoms with Gasteiger partial charge in [-0.3, -0.25) is 14.3 Å². The van der Waals surface area contributed by atoms with Gasteiger partial charge in [0.1, 0.15) is 11.6 Å². The van der Waals surface area contributed by atoms with Crippen molar-refractivity contribution < 1.29 is 27.1 Å². The maximum atomic E-state index is 13.9. The lowest BCUT2D eigenvalue weighted by atomic mass is 10.1. The Bertz CT molecular complexity index is 1260. The quantitative estimate of drug-likeness (QED) is 0.496. The Morgan fingerprint density at radius 2 is 1.69 bits per heavy atom. The number of halogens is 1. The van der Waals surface area contributed by atoms with Crippen molar-refractivity contribution in [2.24, 2.45) is 0 Å². The first kappa shape index (κ1) is 23.0. The summed E-state index contributed by atoms with van der Waals surface area (Å²) in [6.45, 7) is 2.73. The second-order valence-electron chi connectivity index (χ2n) is 6.98. The Morgan fingerprint density at radius 1 is 1.00 bits per heavy atom. The Balaban J connectivity index is 1.69. The number of carbonyl (C=O) groups excluding carboxylic acids is 2. The molecule has 3 rings (SSSR count). The van der Waals surface area contributed by atoms with Crippen molar-refractivity contribution in [2.75, 3.05) is 16.6 Å². The number of anilines is 2. The van der Waals surface area contributed by atoms with Crippen molar-refractivity contribution in [3.8, 4) is 5.75 Å². The molecule has 3 aromatic carbocycles. The van der Waals surface area contributed by atoms with Crippen LogP contribution in [0.15, 0.2) is 71.6 Å². The van der Waals surface area contributed by atoms with E-state index in [-0.39, 0.29) is 28.7 Å². The molecule has 0 heterocycles. The van der Waals surface area contributed by atoms with Crippen molar-refractivity contribution in [2.45, 2.75) is 18.7 Å². The minimum Gasteiger partial charge on any atom is -0.484 e. The molecule has 0 aromatic heterocycles. The number of hydrogen-bond acceptors (Lipinski definition) is 5. The SMILES string of the molecule is CC(=O)c1ccc(OCC(=O)Nc2ccc(C)c(S(=O)(=O)Nc3ccccc3F)c2)cc1. The zero-order valence-corrected chi connectivity index (χ0v) is 18.2. The van der Waals surface area contributed by atoms with E-state index in [1.807, 2.05) is 0 Å². The summed E-state index contributed by atoms with van der Waals surface area (Å²) in [6, 6.07) is 16.1. The van der Waals surface area contributed by atoms with Crippen LogP contribution in [0.25, 0.3) is 0 Å². The van der Waals surface area contributed by atoms with Gasteiger partial charge in [-0.05, 0) is 67.9 Å². The summed E-state index contributed by atoms with van der Waals surface area (Å²) in [5.74, 6) is -0.878. The van der Waals surface area contributed by atoms with Crippen molar-refractivity contribution in [1.29, 1.82) is 0 Å². The topological polar surface area (TPSA) is 102 Å². The number of hydrogen-bond donors (Lipinski definition) is 2. The van der Waals surface area contributed by atoms with Crippen molar-refractivity contribution >= 4 is 33.1 Å². The van der Waals surface area contributed by atoms with E-state index in [1.165, 1.54) is 37.3 Å². The highest BCUT2D eigenvalue weighted by Gasteiger charge is 2.19. The molecule has 0 bridgehead atoms. The molecule has 0 fully saturated rings. The zero-order chi connectivity index (χ0) is 23.3. The van der Waals surface area contributed by atoms with Crippen molar-refractivity contribution in [1.82, 2.24) is 0 Å². The summed E-state index contributed by atoms with van der Waals surface area (Å²) in [4.78, 5) is 23.4. The van der Waals surface area contributed by atoms with Gasteiger partial charge in [0.05, 0.1) is 10.6 Å². The predicted molar refractivity (Wildman–Crippen MR) is 119 cm³/mol. The molecular formula is C23H21FN2O5S. The third kappa shape index (κ3) is 5.70. The second kappa shape index (κ2) is 9.61. The highest BCUT2D eigenvalue weighted by Crippen LogP contribution is 2.24. The fraction of sp³-hybridized carbons (Fsp3) is 0.130. The van der Waals surface area contributed by atoms with Crippen LogP contribution in [0.1, 0.15) is 22.8 Å². The van der Waals surface area contributed by atoms with Gasteiger partial charge < -0.3 is 10.1 Å². The molecule has 0 aliphatic rings. The van der Waals surface area contributed by atoms with E-state index in [0.29, 0.717) is 16.9 Å². The standard InChI is InChI=1S/C23H21FN2O5S/c1-15-7-10-18(13-22(15)32(29,30)26-21-6-4-3-5-20(21)24)25-23(28)14-31-19-11-8-17(9-12-19)16(2)27/h3-13,26H,14H2,1-2H3,(H,25,28). The first-order valence-electron chi connectivity index (χ1n) is 9.57. The summed E-state index contributed by atoms with van der Waals surface area (Å²) < 4.78 is 47.0. The lowest BCUT2D eigenvalue weighted by molar-refractivity contribution is -0.118. The summed E-state index contributed by atoms with van der Waals surface area (Å²) in [5, 5.41) is 2.57. The zero-order valence-electron chi connectivity index (χ0n) is 17.4. The number of para-hydroxylation sites is 1. The number of Topliss-reactive ketones (excluding diaryl/α,β-unsaturated/α-hetero) is 1. The summed E-state index contributed by atoms with van der Waals surface area (Å²) >= 11 is 0. The predicted octanol–water partition coefficient (Wildman–Crippen LogP) is 4.16. The van der Waals surface area contributed by atoms with Crippen LogP contribution in [0.3, 0.4) is 0 Å². The first-order valence-corrected chi connectivity index (χ1v) is 11.1. The van der Waals surface area contributed by atoms with Gasteiger partial charge in [0.15, 0.2) is 12.4 Å². The molecule has 2 N–H and O–H groups in total. The molecule has 0 aliphatic carbocycles. The lowest BCUT2D eigenvalue weighted by Gasteiger charge is -2.13. The summed E-state index contributed by atoms with van der Waals surface area (Å²) in [6.07, 6.45) is 0. The van der Waals surface area contributed by atoms with Gasteiger partial charge in [-0.25, -0.2) is 12.8 Å². The number of benzene rings is 3. The number of ketones is 1. The van der Waals surface area contributed by atoms with Gasteiger partial charge in [-0.2, -0.15) is 0 Å². The number of ether oxygens (including phenoxy) is 1. The fourth-order valence-corrected chi connectivity index (χ4v) is 4.18. The molecule has 0 aliphatic heterocycles. The normalized spacial score (nSPS) is 11.0. The lowest BCUT2D eigenvalue weighted by Crippen LogP contribution is -2.21. The smallest absolute Gasteiger partial charge is 0.262 e. The van der Waals surface area contributed by atoms with Crippen LogP contribution < -0.4 is 14.8 Å². The third-order valence-electron chi connectivity index (χ3n) is 4.51. The Morgan fingerprint density at radius 3 is 2.34 bits per heavy atom. The van der Waals surface area contributed by atoms with Crippen LogP contribution in [0.5, 0.6) is 5.75 Å². The van der Waals surface area contributed by atoms with Crippen LogP contribution >= 0.6 is 0 Å². The number of nitrogens with one attached hydrogen (secondary N) is 2. The largest absolute Gasteiger partial charge is 0.484 e. The van der Waals surface area contributed by atoms with E-state index in [4.69, 9.17) is 4.74 Å². The van der Waals surface area contributed by atoms with Crippen LogP contribution in [0, 0.1) is 12.7 Å². The molecule has 0 spiro atoms. The molecule has 0 saturated heterocycles. The van der Waals surface area contributed by atoms with Gasteiger partial charge in [0.2, 0.25) is 0 Å². The van der Waals surface area contributed by atoms with Crippen LogP contribution in [-0.4, -0.2) is 26.7 Å². The van der Waals surface area contributed by atoms with Crippen molar-refractivity contribution in [3.63, 3.8) is 0 Å². The molecule has 3 aromatic rings. The van der Waals surface area contributed by atoms with E-state index < -0.39 is 21.7 Å². The van der Waals surface area contributed by atoms with E-state index in [1.54, 1.807) is 37.3 Å². The Labute approximate surface area is 185 Å². The third-order valence-corrected chi connectivity index (χ3v) is 6.02. The minimum atomic E-state index is -4.09. The van der Waals surface area contributed by atoms with Crippen LogP contribution in [0.4, 0.5) is 15.8 Å². The molecule has 0 saturated carbocycles. The van der Waals surface area contributed by atoms with Gasteiger partial charge in [-0.15, -0.1) is 0 Å². The molecule has 0 atom stereocenters. The van der Waals surface area contributed by atoms with E-state index >= 15 is 0 Å². The number of carbonyl (C=O) groups is 2. The van der Waals surface area contributed by atoms with Crippen LogP contribution in [0.2, 0.25) is 0 Å². The summed E-state index contributed by atoms with van der Waals surface area (Å²) in [7, 11) is -4.09. The highest BCUT2D eigenvalue weighted by molar-refractivity contribution is 7.92. The van der Waals surface area contributed by atoms with Crippen LogP contribution in [-0.2, 0) is 14.8 Å². The average molecular weight is 456 g/mol. The monoisotopic (exact) mass is 456 g/mol. The van der Waals surface area contributed by atoms with Gasteiger partial charge in [-0.1, -0.05) is 18.2 Å². The molecule has 32 heavy (non-hydrogen) atoms. The molecular weight excluding hydrogens is 435 g/mol. The number of sulfonamides is 1. The molecule has 9 heteroatoms. The molecule has 7 nitrogen and oxygen atoms in total. The maximum Gasteiger partial charge on any atom is 0.262 e. The second-order valence-corrected chi connectivity index (χ2v) is 8.63. The number of amides is 1. The highest BCUT2D eigenvalue weighted by atomic mass is 32.2. The minimum absolute atomic E-state index is 0.0797. The number of aryl methyl sites for hydroxylation is 1.